The van der Waals surface area contributed by atoms with Gasteiger partial charge in [0.15, 0.2) is 0 Å². The fourth-order valence-corrected chi connectivity index (χ4v) is 31.2. The van der Waals surface area contributed by atoms with Crippen LogP contribution in [0.1, 0.15) is 78.4 Å². The molecule has 4 heteroatoms. The average Bonchev–Trinajstić information content (AvgIpc) is 3.75. The van der Waals surface area contributed by atoms with Crippen molar-refractivity contribution < 1.29 is 17.4 Å². The van der Waals surface area contributed by atoms with Crippen LogP contribution in [0, 0.1) is 0 Å². The summed E-state index contributed by atoms with van der Waals surface area (Å²) in [6, 6.07) is 27.9. The van der Waals surface area contributed by atoms with Gasteiger partial charge >= 0.3 is 256 Å². The molecule has 0 fully saturated rings. The molecule has 0 amide bonds. The first kappa shape index (κ1) is 32.0. The zero-order valence-electron chi connectivity index (χ0n) is 26.5. The van der Waals surface area contributed by atoms with Crippen LogP contribution in [0.2, 0.25) is 9.26 Å². The SMILES string of the molecule is CC1=Cc2c(cc3c(c2-c2ccccc2)CCC3)[CH]1[Zr]([CH3])([CH3])(=[SiH2])[CH]1C(C)=Cc2c1cc1c(c2-c2ccccc2)CCC1.Cl.Cl. The normalized spacial score (nSPS) is 19.7. The third kappa shape index (κ3) is 4.69. The molecule has 4 aliphatic rings. The summed E-state index contributed by atoms with van der Waals surface area (Å²) >= 11 is -3.60. The predicted molar refractivity (Wildman–Crippen MR) is 195 cm³/mol. The number of aryl methyl sites for hydroxylation is 2. The van der Waals surface area contributed by atoms with Crippen LogP contribution >= 0.6 is 24.8 Å². The van der Waals surface area contributed by atoms with E-state index in [1.165, 1.54) is 49.7 Å². The second-order valence-electron chi connectivity index (χ2n) is 14.8. The van der Waals surface area contributed by atoms with Crippen LogP contribution in [0.4, 0.5) is 0 Å². The molecule has 0 N–H and O–H groups in total. The molecule has 0 spiro atoms. The molecule has 0 heterocycles. The fourth-order valence-electron chi connectivity index (χ4n) is 10.0. The van der Waals surface area contributed by atoms with Gasteiger partial charge < -0.3 is 0 Å². The van der Waals surface area contributed by atoms with Gasteiger partial charge in [0.25, 0.3) is 0 Å². The van der Waals surface area contributed by atoms with Gasteiger partial charge in [-0.1, -0.05) is 0 Å². The summed E-state index contributed by atoms with van der Waals surface area (Å²) in [7, 11) is 0. The van der Waals surface area contributed by atoms with E-state index in [2.05, 4.69) is 115 Å². The number of halogens is 2. The molecule has 4 aromatic rings. The van der Waals surface area contributed by atoms with E-state index in [9.17, 15) is 0 Å². The Balaban J connectivity index is 0.00000171. The topological polar surface area (TPSA) is 0 Å². The summed E-state index contributed by atoms with van der Waals surface area (Å²) in [5.41, 5.74) is 22.0. The van der Waals surface area contributed by atoms with Gasteiger partial charge in [0.1, 0.15) is 0 Å². The summed E-state index contributed by atoms with van der Waals surface area (Å²) in [6.07, 6.45) is 12.7. The second-order valence-corrected chi connectivity index (χ2v) is 45.3. The van der Waals surface area contributed by atoms with E-state index < -0.39 is 17.4 Å². The van der Waals surface area contributed by atoms with Gasteiger partial charge in [-0.2, -0.15) is 0 Å². The predicted octanol–water partition coefficient (Wildman–Crippen LogP) is 10.8. The Morgan fingerprint density at radius 2 is 0.977 bits per heavy atom. The molecule has 0 saturated carbocycles. The number of hydrogen-bond donors (Lipinski definition) is 0. The van der Waals surface area contributed by atoms with Crippen LogP contribution in [-0.2, 0) is 43.1 Å². The summed E-state index contributed by atoms with van der Waals surface area (Å²) in [5, 5.41) is 0. The molecule has 0 radical (unpaired) electrons. The van der Waals surface area contributed by atoms with Crippen molar-refractivity contribution in [3.05, 3.63) is 128 Å². The molecule has 0 bridgehead atoms. The van der Waals surface area contributed by atoms with Gasteiger partial charge in [-0.25, -0.2) is 0 Å². The van der Waals surface area contributed by atoms with Crippen LogP contribution in [0.3, 0.4) is 0 Å². The maximum atomic E-state index is 2.80. The van der Waals surface area contributed by atoms with Crippen molar-refractivity contribution in [1.29, 1.82) is 0 Å². The van der Waals surface area contributed by atoms with Crippen molar-refractivity contribution in [2.24, 2.45) is 0 Å². The minimum Gasteiger partial charge on any atom is -0.147 e. The van der Waals surface area contributed by atoms with Gasteiger partial charge in [-0.05, 0) is 0 Å². The molecule has 2 atom stereocenters. The van der Waals surface area contributed by atoms with E-state index in [1.807, 2.05) is 0 Å². The van der Waals surface area contributed by atoms with Crippen LogP contribution in [0.25, 0.3) is 34.4 Å². The number of allylic oxidation sites excluding steroid dienone is 2. The fraction of sp³-hybridized carbons (Fsp3) is 0.300. The Morgan fingerprint density at radius 1 is 0.591 bits per heavy atom. The number of rotatable bonds is 4. The van der Waals surface area contributed by atoms with Gasteiger partial charge in [0.05, 0.1) is 0 Å². The molecule has 4 aliphatic carbocycles. The Kier molecular flexibility index (Phi) is 8.28. The van der Waals surface area contributed by atoms with Crippen LogP contribution < -0.4 is 0 Å². The number of fused-ring (bicyclic) bond motifs is 4. The van der Waals surface area contributed by atoms with Crippen molar-refractivity contribution in [1.82, 2.24) is 0 Å². The smallest absolute Gasteiger partial charge is 0.147 e. The molecule has 226 valence electrons. The molecular formula is C40H44Cl2SiZr. The molecule has 2 unspecified atom stereocenters. The van der Waals surface area contributed by atoms with Gasteiger partial charge in [-0.3, -0.25) is 0 Å². The first-order valence-electron chi connectivity index (χ1n) is 16.1. The molecule has 0 aromatic heterocycles. The van der Waals surface area contributed by atoms with E-state index in [0.29, 0.717) is 7.25 Å². The first-order chi connectivity index (χ1) is 20.2. The molecule has 4 aromatic carbocycles. The van der Waals surface area contributed by atoms with E-state index in [1.54, 1.807) is 66.8 Å². The standard InChI is InChI=1S/2C19H17.2CH3.2ClH.H2Si.Zr/c2*1-13-10-16-12-15-8-5-9-17(15)19(18(16)11-13)14-6-3-2-4-7-14;;;;;;/h2*2-4,6-7,10-12H,5,8-9H2,1H3;2*1H3;2*1H;1H2;. The van der Waals surface area contributed by atoms with Crippen molar-refractivity contribution in [3.8, 4) is 22.3 Å². The van der Waals surface area contributed by atoms with Gasteiger partial charge in [-0.15, -0.1) is 24.8 Å². The first-order valence-corrected chi connectivity index (χ1v) is 29.8. The van der Waals surface area contributed by atoms with E-state index >= 15 is 0 Å². The summed E-state index contributed by atoms with van der Waals surface area (Å²) < 4.78 is 6.75. The van der Waals surface area contributed by atoms with Crippen molar-refractivity contribution in [2.45, 2.75) is 68.9 Å². The van der Waals surface area contributed by atoms with Crippen molar-refractivity contribution in [2.75, 3.05) is 0 Å². The maximum absolute atomic E-state index is 3.60. The Hall–Kier alpha value is -1.96. The minimum atomic E-state index is -3.60. The van der Waals surface area contributed by atoms with Crippen LogP contribution in [0.5, 0.6) is 0 Å². The molecule has 44 heavy (non-hydrogen) atoms. The zero-order valence-corrected chi connectivity index (χ0v) is 32.0. The molecule has 0 saturated heterocycles. The van der Waals surface area contributed by atoms with E-state index in [4.69, 9.17) is 0 Å². The summed E-state index contributed by atoms with van der Waals surface area (Å²) in [5.74, 6) is 0. The molecule has 0 nitrogen and oxygen atoms in total. The molecule has 8 rings (SSSR count). The molecular weight excluding hydrogens is 671 g/mol. The third-order valence-corrected chi connectivity index (χ3v) is 29.2. The maximum Gasteiger partial charge on any atom is -0.147 e. The summed E-state index contributed by atoms with van der Waals surface area (Å²) in [4.78, 5) is 0. The number of benzene rings is 4. The Morgan fingerprint density at radius 3 is 1.36 bits per heavy atom. The second kappa shape index (κ2) is 11.4. The molecule has 0 aliphatic heterocycles. The third-order valence-electron chi connectivity index (χ3n) is 11.2. The summed E-state index contributed by atoms with van der Waals surface area (Å²) in [6.45, 7) is 7.42. The average molecular weight is 715 g/mol. The minimum absolute atomic E-state index is 0. The Bertz CT molecular complexity index is 1790. The van der Waals surface area contributed by atoms with Crippen LogP contribution in [0.15, 0.2) is 83.9 Å². The van der Waals surface area contributed by atoms with Crippen LogP contribution in [-0.4, -0.2) is 6.88 Å². The van der Waals surface area contributed by atoms with Gasteiger partial charge in [0, 0.05) is 0 Å². The van der Waals surface area contributed by atoms with Crippen molar-refractivity contribution >= 4 is 43.8 Å². The number of hydrogen-bond acceptors (Lipinski definition) is 0. The Labute approximate surface area is 278 Å². The van der Waals surface area contributed by atoms with Gasteiger partial charge in [0.2, 0.25) is 0 Å². The zero-order chi connectivity index (χ0) is 28.8. The quantitative estimate of drug-likeness (QED) is 0.185. The van der Waals surface area contributed by atoms with Crippen molar-refractivity contribution in [3.63, 3.8) is 0 Å². The monoisotopic (exact) mass is 712 g/mol. The largest absolute Gasteiger partial charge is 0.147 e. The van der Waals surface area contributed by atoms with E-state index in [0.717, 1.165) is 0 Å². The van der Waals surface area contributed by atoms with E-state index in [-0.39, 0.29) is 24.8 Å².